The molecular formula is C17H23FIN3S. The van der Waals surface area contributed by atoms with Crippen LogP contribution in [-0.2, 0) is 12.0 Å². The molecule has 0 aliphatic carbocycles. The molecule has 0 aliphatic heterocycles. The maximum absolute atomic E-state index is 13.4. The quantitative estimate of drug-likeness (QED) is 0.411. The maximum Gasteiger partial charge on any atom is 0.191 e. The summed E-state index contributed by atoms with van der Waals surface area (Å²) in [7, 11) is 1.75. The minimum absolute atomic E-state index is 0. The van der Waals surface area contributed by atoms with Gasteiger partial charge in [0.05, 0.1) is 6.54 Å². The third-order valence-corrected chi connectivity index (χ3v) is 4.41. The molecule has 1 aromatic heterocycles. The van der Waals surface area contributed by atoms with Crippen LogP contribution in [0, 0.1) is 5.82 Å². The number of hydrogen-bond donors (Lipinski definition) is 2. The molecule has 6 heteroatoms. The van der Waals surface area contributed by atoms with Crippen LogP contribution < -0.4 is 10.6 Å². The fourth-order valence-electron chi connectivity index (χ4n) is 2.12. The number of guanidine groups is 1. The van der Waals surface area contributed by atoms with Crippen LogP contribution in [-0.4, -0.2) is 19.6 Å². The second-order valence-corrected chi connectivity index (χ2v) is 6.79. The van der Waals surface area contributed by atoms with E-state index in [0.717, 1.165) is 18.1 Å². The Morgan fingerprint density at radius 2 is 2.00 bits per heavy atom. The fourth-order valence-corrected chi connectivity index (χ4v) is 2.77. The van der Waals surface area contributed by atoms with Gasteiger partial charge < -0.3 is 10.6 Å². The molecule has 23 heavy (non-hydrogen) atoms. The summed E-state index contributed by atoms with van der Waals surface area (Å²) in [5.41, 5.74) is 0.775. The molecule has 0 radical (unpaired) electrons. The SMILES string of the molecule is CN=C(NCc1cccs1)NCC(C)(C)c1cccc(F)c1.I. The highest BCUT2D eigenvalue weighted by molar-refractivity contribution is 14.0. The third kappa shape index (κ3) is 6.10. The first-order valence-electron chi connectivity index (χ1n) is 7.24. The Labute approximate surface area is 158 Å². The van der Waals surface area contributed by atoms with E-state index in [1.54, 1.807) is 30.5 Å². The molecular weight excluding hydrogens is 424 g/mol. The summed E-state index contributed by atoms with van der Waals surface area (Å²) in [6.07, 6.45) is 0. The summed E-state index contributed by atoms with van der Waals surface area (Å²) >= 11 is 1.71. The third-order valence-electron chi connectivity index (χ3n) is 3.54. The standard InChI is InChI=1S/C17H22FN3S.HI/c1-17(2,13-6-4-7-14(18)10-13)12-21-16(19-3)20-11-15-8-5-9-22-15;/h4-10H,11-12H2,1-3H3,(H2,19,20,21);1H. The van der Waals surface area contributed by atoms with Gasteiger partial charge in [-0.1, -0.05) is 32.0 Å². The van der Waals surface area contributed by atoms with Crippen molar-refractivity contribution in [2.45, 2.75) is 25.8 Å². The van der Waals surface area contributed by atoms with Crippen LogP contribution in [0.25, 0.3) is 0 Å². The van der Waals surface area contributed by atoms with Gasteiger partial charge in [0.1, 0.15) is 5.82 Å². The highest BCUT2D eigenvalue weighted by atomic mass is 127. The van der Waals surface area contributed by atoms with E-state index in [-0.39, 0.29) is 35.2 Å². The number of thiophene rings is 1. The van der Waals surface area contributed by atoms with Gasteiger partial charge in [0.2, 0.25) is 0 Å². The highest BCUT2D eigenvalue weighted by Gasteiger charge is 2.21. The van der Waals surface area contributed by atoms with Crippen LogP contribution in [0.5, 0.6) is 0 Å². The van der Waals surface area contributed by atoms with Crippen LogP contribution in [0.3, 0.4) is 0 Å². The van der Waals surface area contributed by atoms with Crippen LogP contribution in [0.2, 0.25) is 0 Å². The van der Waals surface area contributed by atoms with E-state index in [2.05, 4.69) is 40.9 Å². The molecule has 3 nitrogen and oxygen atoms in total. The first-order chi connectivity index (χ1) is 10.5. The van der Waals surface area contributed by atoms with Crippen molar-refractivity contribution in [1.29, 1.82) is 0 Å². The Hall–Kier alpha value is -1.15. The molecule has 1 heterocycles. The number of benzene rings is 1. The summed E-state index contributed by atoms with van der Waals surface area (Å²) in [5, 5.41) is 8.65. The number of rotatable bonds is 5. The number of aliphatic imine (C=N–C) groups is 1. The molecule has 0 amide bonds. The monoisotopic (exact) mass is 447 g/mol. The summed E-state index contributed by atoms with van der Waals surface area (Å²) in [5.74, 6) is 0.545. The molecule has 0 unspecified atom stereocenters. The van der Waals surface area contributed by atoms with Crippen molar-refractivity contribution in [3.63, 3.8) is 0 Å². The lowest BCUT2D eigenvalue weighted by Crippen LogP contribution is -2.43. The summed E-state index contributed by atoms with van der Waals surface area (Å²) in [6.45, 7) is 5.58. The Balaban J connectivity index is 0.00000264. The van der Waals surface area contributed by atoms with E-state index >= 15 is 0 Å². The van der Waals surface area contributed by atoms with Gasteiger partial charge in [-0.15, -0.1) is 35.3 Å². The van der Waals surface area contributed by atoms with Gasteiger partial charge in [-0.3, -0.25) is 4.99 Å². The topological polar surface area (TPSA) is 36.4 Å². The van der Waals surface area contributed by atoms with Crippen molar-refractivity contribution in [1.82, 2.24) is 10.6 Å². The molecule has 0 aliphatic rings. The molecule has 0 fully saturated rings. The van der Waals surface area contributed by atoms with Crippen molar-refractivity contribution < 1.29 is 4.39 Å². The molecule has 0 saturated carbocycles. The largest absolute Gasteiger partial charge is 0.356 e. The van der Waals surface area contributed by atoms with Gasteiger partial charge >= 0.3 is 0 Å². The van der Waals surface area contributed by atoms with Crippen LogP contribution in [0.15, 0.2) is 46.8 Å². The average molecular weight is 447 g/mol. The van der Waals surface area contributed by atoms with Gasteiger partial charge in [0.25, 0.3) is 0 Å². The molecule has 0 bridgehead atoms. The van der Waals surface area contributed by atoms with Crippen LogP contribution in [0.4, 0.5) is 4.39 Å². The van der Waals surface area contributed by atoms with Crippen LogP contribution in [0.1, 0.15) is 24.3 Å². The van der Waals surface area contributed by atoms with E-state index in [1.807, 2.05) is 12.1 Å². The number of halogens is 2. The second kappa shape index (κ2) is 9.22. The zero-order valence-electron chi connectivity index (χ0n) is 13.6. The lowest BCUT2D eigenvalue weighted by atomic mass is 9.84. The Bertz CT molecular complexity index is 627. The number of nitrogens with one attached hydrogen (secondary N) is 2. The van der Waals surface area contributed by atoms with Crippen LogP contribution >= 0.6 is 35.3 Å². The van der Waals surface area contributed by atoms with Gasteiger partial charge in [-0.05, 0) is 29.1 Å². The number of nitrogens with zero attached hydrogens (tertiary/aromatic N) is 1. The Morgan fingerprint density at radius 1 is 1.22 bits per heavy atom. The predicted molar refractivity (Wildman–Crippen MR) is 107 cm³/mol. The summed E-state index contributed by atoms with van der Waals surface area (Å²) in [6, 6.07) is 10.9. The van der Waals surface area contributed by atoms with E-state index in [0.29, 0.717) is 6.54 Å². The van der Waals surface area contributed by atoms with Gasteiger partial charge in [0.15, 0.2) is 5.96 Å². The zero-order valence-corrected chi connectivity index (χ0v) is 16.7. The molecule has 0 saturated heterocycles. The molecule has 2 aromatic rings. The molecule has 1 aromatic carbocycles. The van der Waals surface area contributed by atoms with Crippen molar-refractivity contribution in [2.24, 2.45) is 4.99 Å². The summed E-state index contributed by atoms with van der Waals surface area (Å²) in [4.78, 5) is 5.48. The maximum atomic E-state index is 13.4. The minimum Gasteiger partial charge on any atom is -0.356 e. The Morgan fingerprint density at radius 3 is 2.61 bits per heavy atom. The van der Waals surface area contributed by atoms with E-state index in [9.17, 15) is 4.39 Å². The van der Waals surface area contributed by atoms with Gasteiger partial charge in [0, 0.05) is 23.9 Å². The molecule has 126 valence electrons. The molecule has 0 spiro atoms. The lowest BCUT2D eigenvalue weighted by Gasteiger charge is -2.26. The van der Waals surface area contributed by atoms with Crippen molar-refractivity contribution in [3.05, 3.63) is 58.0 Å². The first-order valence-corrected chi connectivity index (χ1v) is 8.12. The molecule has 2 rings (SSSR count). The lowest BCUT2D eigenvalue weighted by molar-refractivity contribution is 0.503. The predicted octanol–water partition coefficient (Wildman–Crippen LogP) is 4.15. The van der Waals surface area contributed by atoms with E-state index < -0.39 is 0 Å². The summed E-state index contributed by atoms with van der Waals surface area (Å²) < 4.78 is 13.4. The van der Waals surface area contributed by atoms with Gasteiger partial charge in [-0.25, -0.2) is 4.39 Å². The van der Waals surface area contributed by atoms with Crippen molar-refractivity contribution >= 4 is 41.3 Å². The second-order valence-electron chi connectivity index (χ2n) is 5.75. The minimum atomic E-state index is -0.203. The molecule has 0 atom stereocenters. The first kappa shape index (κ1) is 19.9. The van der Waals surface area contributed by atoms with E-state index in [1.165, 1.54) is 10.9 Å². The molecule has 2 N–H and O–H groups in total. The number of hydrogen-bond acceptors (Lipinski definition) is 2. The highest BCUT2D eigenvalue weighted by Crippen LogP contribution is 2.22. The van der Waals surface area contributed by atoms with Crippen molar-refractivity contribution in [3.8, 4) is 0 Å². The zero-order chi connectivity index (χ0) is 16.0. The average Bonchev–Trinajstić information content (AvgIpc) is 3.01. The van der Waals surface area contributed by atoms with Gasteiger partial charge in [-0.2, -0.15) is 0 Å². The Kier molecular flexibility index (Phi) is 7.98. The normalized spacial score (nSPS) is 11.7. The van der Waals surface area contributed by atoms with E-state index in [4.69, 9.17) is 0 Å². The smallest absolute Gasteiger partial charge is 0.191 e. The fraction of sp³-hybridized carbons (Fsp3) is 0.353. The van der Waals surface area contributed by atoms with Crippen molar-refractivity contribution in [2.75, 3.05) is 13.6 Å².